The molecule has 0 bridgehead atoms. The van der Waals surface area contributed by atoms with E-state index in [1.165, 1.54) is 0 Å². The maximum atomic E-state index is 13.9. The molecule has 0 atom stereocenters. The first-order valence-corrected chi connectivity index (χ1v) is 12.8. The molecule has 3 aromatic rings. The fourth-order valence-corrected chi connectivity index (χ4v) is 5.88. The molecule has 3 rings (SSSR count). The Labute approximate surface area is 199 Å². The van der Waals surface area contributed by atoms with Gasteiger partial charge in [0.1, 0.15) is 0 Å². The molecule has 33 heavy (non-hydrogen) atoms. The smallest absolute Gasteiger partial charge is 0.242 e. The van der Waals surface area contributed by atoms with E-state index in [9.17, 15) is 8.42 Å². The molecule has 0 aliphatic carbocycles. The van der Waals surface area contributed by atoms with Gasteiger partial charge in [-0.1, -0.05) is 85.4 Å². The van der Waals surface area contributed by atoms with Gasteiger partial charge in [-0.05, 0) is 32.6 Å². The number of benzene rings is 2. The predicted molar refractivity (Wildman–Crippen MR) is 136 cm³/mol. The summed E-state index contributed by atoms with van der Waals surface area (Å²) >= 11 is 0. The minimum atomic E-state index is -3.82. The summed E-state index contributed by atoms with van der Waals surface area (Å²) < 4.78 is 36.5. The van der Waals surface area contributed by atoms with Gasteiger partial charge in [-0.3, -0.25) is 8.81 Å². The summed E-state index contributed by atoms with van der Waals surface area (Å²) in [6, 6.07) is 21.6. The van der Waals surface area contributed by atoms with Crippen molar-refractivity contribution in [1.82, 2.24) is 13.9 Å². The topological polar surface area (TPSA) is 64.4 Å². The van der Waals surface area contributed by atoms with E-state index in [4.69, 9.17) is 4.74 Å². The highest BCUT2D eigenvalue weighted by molar-refractivity contribution is 7.91. The van der Waals surface area contributed by atoms with Crippen molar-refractivity contribution in [1.29, 1.82) is 0 Å². The monoisotopic (exact) mass is 465 g/mol. The number of rotatable bonds is 11. The number of sulfonamides is 1. The van der Waals surface area contributed by atoms with Gasteiger partial charge in [-0.2, -0.15) is 5.10 Å². The number of aromatic nitrogens is 2. The average molecular weight is 465 g/mol. The summed E-state index contributed by atoms with van der Waals surface area (Å²) in [4.78, 5) is 0. The third-order valence-corrected chi connectivity index (χ3v) is 7.89. The Morgan fingerprint density at radius 3 is 1.85 bits per heavy atom. The lowest BCUT2D eigenvalue weighted by Gasteiger charge is -2.30. The number of ether oxygens (including phenoxy) is 1. The summed E-state index contributed by atoms with van der Waals surface area (Å²) in [7, 11) is -2.18. The second kappa shape index (κ2) is 10.7. The Morgan fingerprint density at radius 2 is 1.39 bits per heavy atom. The van der Waals surface area contributed by atoms with E-state index >= 15 is 0 Å². The quantitative estimate of drug-likeness (QED) is 0.400. The molecule has 1 aromatic heterocycles. The molecule has 1 heterocycles. The second-order valence-corrected chi connectivity index (χ2v) is 11.0. The minimum Gasteiger partial charge on any atom is -0.377 e. The lowest BCUT2D eigenvalue weighted by molar-refractivity contribution is 0.00515. The molecule has 0 saturated heterocycles. The van der Waals surface area contributed by atoms with Crippen LogP contribution >= 0.6 is 0 Å². The maximum Gasteiger partial charge on any atom is 0.242 e. The van der Waals surface area contributed by atoms with Gasteiger partial charge in [0.15, 0.2) is 5.03 Å². The molecule has 0 aliphatic rings. The molecule has 6 nitrogen and oxygen atoms in total. The highest BCUT2D eigenvalue weighted by Crippen LogP contribution is 2.22. The van der Waals surface area contributed by atoms with Crippen molar-refractivity contribution in [2.24, 2.45) is 0 Å². The van der Waals surface area contributed by atoms with Gasteiger partial charge in [-0.25, -0.2) is 8.42 Å². The van der Waals surface area contributed by atoms with Gasteiger partial charge in [0.25, 0.3) is 0 Å². The van der Waals surface area contributed by atoms with E-state index in [-0.39, 0.29) is 18.7 Å². The molecule has 0 amide bonds. The van der Waals surface area contributed by atoms with Crippen LogP contribution in [-0.2, 0) is 33.9 Å². The molecule has 0 unspecified atom stereocenters. The predicted octanol–water partition coefficient (Wildman–Crippen LogP) is 4.11. The molecule has 0 aliphatic heterocycles. The van der Waals surface area contributed by atoms with E-state index in [2.05, 4.69) is 5.10 Å². The van der Waals surface area contributed by atoms with Crippen LogP contribution < -0.4 is 0 Å². The zero-order chi connectivity index (χ0) is 24.1. The summed E-state index contributed by atoms with van der Waals surface area (Å²) in [5.41, 5.74) is 1.75. The van der Waals surface area contributed by atoms with Crippen molar-refractivity contribution in [2.45, 2.75) is 57.3 Å². The van der Waals surface area contributed by atoms with Crippen LogP contribution in [0.4, 0.5) is 0 Å². The lowest BCUT2D eigenvalue weighted by atomic mass is 9.48. The Balaban J connectivity index is 1.92. The molecule has 0 radical (unpaired) electrons. The Bertz CT molecular complexity index is 1070. The van der Waals surface area contributed by atoms with Gasteiger partial charge in [0, 0.05) is 13.3 Å². The second-order valence-electron chi connectivity index (χ2n) is 9.23. The van der Waals surface area contributed by atoms with Crippen LogP contribution in [0.2, 0.25) is 13.6 Å². The van der Waals surface area contributed by atoms with Crippen molar-refractivity contribution < 1.29 is 13.2 Å². The SMILES string of the molecule is COC(C)(C)Cn1ccc(S(=O)(=O)N(B(C)Cc2ccccc2)B(C)Cc2ccccc2)n1. The zero-order valence-electron chi connectivity index (χ0n) is 20.2. The highest BCUT2D eigenvalue weighted by Gasteiger charge is 2.38. The highest BCUT2D eigenvalue weighted by atomic mass is 32.2. The molecule has 174 valence electrons. The Kier molecular flexibility index (Phi) is 8.21. The van der Waals surface area contributed by atoms with E-state index in [1.807, 2.05) is 88.2 Å². The lowest BCUT2D eigenvalue weighted by Crippen LogP contribution is -2.52. The number of nitrogens with zero attached hydrogens (tertiary/aromatic N) is 3. The summed E-state index contributed by atoms with van der Waals surface area (Å²) in [6.45, 7) is 7.80. The minimum absolute atomic E-state index is 0.0641. The first kappa shape index (κ1) is 25.3. The van der Waals surface area contributed by atoms with Crippen LogP contribution in [0.25, 0.3) is 0 Å². The van der Waals surface area contributed by atoms with Crippen LogP contribution in [0.15, 0.2) is 78.0 Å². The molecule has 0 saturated carbocycles. The molecule has 0 N–H and O–H groups in total. The normalized spacial score (nSPS) is 12.2. The van der Waals surface area contributed by atoms with Crippen LogP contribution in [0.1, 0.15) is 25.0 Å². The molecule has 0 fully saturated rings. The van der Waals surface area contributed by atoms with Gasteiger partial charge in [0.05, 0.1) is 12.1 Å². The van der Waals surface area contributed by atoms with Gasteiger partial charge >= 0.3 is 0 Å². The van der Waals surface area contributed by atoms with E-state index in [0.29, 0.717) is 19.2 Å². The molecule has 2 aromatic carbocycles. The van der Waals surface area contributed by atoms with Crippen molar-refractivity contribution >= 4 is 23.7 Å². The summed E-state index contributed by atoms with van der Waals surface area (Å²) in [5, 5.41) is 4.49. The summed E-state index contributed by atoms with van der Waals surface area (Å²) in [5.74, 6) is 0. The molecular weight excluding hydrogens is 432 g/mol. The third-order valence-electron chi connectivity index (χ3n) is 5.87. The third kappa shape index (κ3) is 6.59. The van der Waals surface area contributed by atoms with Crippen LogP contribution in [0, 0.1) is 0 Å². The largest absolute Gasteiger partial charge is 0.377 e. The zero-order valence-corrected chi connectivity index (χ0v) is 21.0. The van der Waals surface area contributed by atoms with Crippen LogP contribution in [0.5, 0.6) is 0 Å². The summed E-state index contributed by atoms with van der Waals surface area (Å²) in [6.07, 6.45) is 2.95. The fourth-order valence-electron chi connectivity index (χ4n) is 4.13. The van der Waals surface area contributed by atoms with Gasteiger partial charge in [-0.15, -0.1) is 0 Å². The Morgan fingerprint density at radius 1 is 0.909 bits per heavy atom. The number of hydrogen-bond donors (Lipinski definition) is 0. The van der Waals surface area contributed by atoms with Crippen LogP contribution in [0.3, 0.4) is 0 Å². The molecule has 0 spiro atoms. The average Bonchev–Trinajstić information content (AvgIpc) is 3.24. The van der Waals surface area contributed by atoms with Crippen molar-refractivity contribution in [3.05, 3.63) is 84.1 Å². The molecule has 9 heteroatoms. The molecular formula is C24H33B2N3O3S. The van der Waals surface area contributed by atoms with Crippen LogP contribution in [-0.4, -0.2) is 48.7 Å². The first-order valence-electron chi connectivity index (χ1n) is 11.3. The van der Waals surface area contributed by atoms with Crippen molar-refractivity contribution in [2.75, 3.05) is 7.11 Å². The fraction of sp³-hybridized carbons (Fsp3) is 0.375. The van der Waals surface area contributed by atoms with E-state index in [1.54, 1.807) is 28.2 Å². The standard InChI is InChI=1S/C24H33B2N3O3S/c1-24(2,32-5)20-28-17-16-23(27-28)33(30,31)29(25(3)18-21-12-8-6-9-13-21)26(4)19-22-14-10-7-11-15-22/h6-17H,18-20H2,1-5H3. The Hall–Kier alpha value is -2.35. The maximum absolute atomic E-state index is 13.9. The number of hydrogen-bond acceptors (Lipinski definition) is 4. The van der Waals surface area contributed by atoms with Crippen molar-refractivity contribution in [3.63, 3.8) is 0 Å². The van der Waals surface area contributed by atoms with Crippen molar-refractivity contribution in [3.8, 4) is 0 Å². The number of methoxy groups -OCH3 is 1. The van der Waals surface area contributed by atoms with E-state index < -0.39 is 15.6 Å². The van der Waals surface area contributed by atoms with Gasteiger partial charge in [0.2, 0.25) is 23.7 Å². The van der Waals surface area contributed by atoms with Gasteiger partial charge < -0.3 is 4.74 Å². The first-order chi connectivity index (χ1) is 15.6. The van der Waals surface area contributed by atoms with E-state index in [0.717, 1.165) is 11.1 Å².